The van der Waals surface area contributed by atoms with Gasteiger partial charge in [0.15, 0.2) is 0 Å². The highest BCUT2D eigenvalue weighted by Crippen LogP contribution is 2.32. The van der Waals surface area contributed by atoms with E-state index in [9.17, 15) is 18.0 Å². The zero-order valence-corrected chi connectivity index (χ0v) is 17.8. The number of hydrogen-bond donors (Lipinski definition) is 1. The number of carbonyl (C=O) groups excluding carboxylic acids is 1. The van der Waals surface area contributed by atoms with Crippen LogP contribution in [0.4, 0.5) is 18.9 Å². The summed E-state index contributed by atoms with van der Waals surface area (Å²) in [5, 5.41) is 5.07. The molecule has 0 aliphatic heterocycles. The number of hydrogen-bond acceptors (Lipinski definition) is 5. The topological polar surface area (TPSA) is 60.5 Å². The number of amides is 1. The lowest BCUT2D eigenvalue weighted by atomic mass is 10.1. The second-order valence-electron chi connectivity index (χ2n) is 6.47. The molecule has 0 fully saturated rings. The van der Waals surface area contributed by atoms with Crippen LogP contribution in [0, 0.1) is 0 Å². The molecular weight excluding hydrogens is 429 g/mol. The molecule has 1 heterocycles. The van der Waals surface area contributed by atoms with Crippen molar-refractivity contribution in [3.63, 3.8) is 0 Å². The number of halogens is 3. The Morgan fingerprint density at radius 3 is 2.42 bits per heavy atom. The van der Waals surface area contributed by atoms with Gasteiger partial charge in [-0.1, -0.05) is 12.1 Å². The lowest BCUT2D eigenvalue weighted by Gasteiger charge is -2.13. The van der Waals surface area contributed by atoms with Gasteiger partial charge in [0, 0.05) is 17.0 Å². The van der Waals surface area contributed by atoms with Crippen LogP contribution in [0.3, 0.4) is 0 Å². The largest absolute Gasteiger partial charge is 0.494 e. The summed E-state index contributed by atoms with van der Waals surface area (Å²) in [5.41, 5.74) is 0.867. The highest BCUT2D eigenvalue weighted by molar-refractivity contribution is 7.13. The standard InChI is InChI=1S/C22H21F3N2O3S/c1-3-29-17-9-10-19(30-4-2)18(12-17)27-20(28)11-16-13-31-21(26-16)14-5-7-15(8-6-14)22(23,24)25/h5-10,12-13H,3-4,11H2,1-2H3,(H,27,28). The van der Waals surface area contributed by atoms with Crippen LogP contribution in [0.5, 0.6) is 11.5 Å². The first-order chi connectivity index (χ1) is 14.8. The van der Waals surface area contributed by atoms with Crippen molar-refractivity contribution < 1.29 is 27.4 Å². The molecule has 2 aromatic carbocycles. The second kappa shape index (κ2) is 9.82. The summed E-state index contributed by atoms with van der Waals surface area (Å²) in [6.45, 7) is 4.65. The first-order valence-electron chi connectivity index (χ1n) is 9.61. The highest BCUT2D eigenvalue weighted by atomic mass is 32.1. The molecule has 0 saturated carbocycles. The number of ether oxygens (including phenoxy) is 2. The molecule has 0 unspecified atom stereocenters. The highest BCUT2D eigenvalue weighted by Gasteiger charge is 2.30. The van der Waals surface area contributed by atoms with Gasteiger partial charge in [0.1, 0.15) is 16.5 Å². The molecule has 0 aliphatic carbocycles. The Morgan fingerprint density at radius 2 is 1.77 bits per heavy atom. The molecule has 1 amide bonds. The zero-order chi connectivity index (χ0) is 22.4. The van der Waals surface area contributed by atoms with E-state index in [-0.39, 0.29) is 12.3 Å². The Kier molecular flexibility index (Phi) is 7.17. The molecular formula is C22H21F3N2O3S. The van der Waals surface area contributed by atoms with E-state index in [0.29, 0.717) is 46.7 Å². The van der Waals surface area contributed by atoms with E-state index < -0.39 is 11.7 Å². The monoisotopic (exact) mass is 450 g/mol. The van der Waals surface area contributed by atoms with E-state index in [4.69, 9.17) is 9.47 Å². The van der Waals surface area contributed by atoms with Crippen molar-refractivity contribution in [3.8, 4) is 22.1 Å². The maximum atomic E-state index is 12.7. The minimum absolute atomic E-state index is 0.0154. The van der Waals surface area contributed by atoms with Gasteiger partial charge in [-0.15, -0.1) is 11.3 Å². The van der Waals surface area contributed by atoms with E-state index in [1.807, 2.05) is 13.8 Å². The molecule has 0 spiro atoms. The lowest BCUT2D eigenvalue weighted by Crippen LogP contribution is -2.15. The van der Waals surface area contributed by atoms with Gasteiger partial charge in [-0.2, -0.15) is 13.2 Å². The average Bonchev–Trinajstić information content (AvgIpc) is 3.18. The second-order valence-corrected chi connectivity index (χ2v) is 7.33. The molecule has 9 heteroatoms. The summed E-state index contributed by atoms with van der Waals surface area (Å²) >= 11 is 1.27. The van der Waals surface area contributed by atoms with Gasteiger partial charge in [0.05, 0.1) is 36.6 Å². The predicted molar refractivity (Wildman–Crippen MR) is 114 cm³/mol. The summed E-state index contributed by atoms with van der Waals surface area (Å²) in [4.78, 5) is 16.9. The van der Waals surface area contributed by atoms with Crippen molar-refractivity contribution in [2.24, 2.45) is 0 Å². The van der Waals surface area contributed by atoms with Crippen LogP contribution in [0.1, 0.15) is 25.1 Å². The normalized spacial score (nSPS) is 11.3. The van der Waals surface area contributed by atoms with Crippen molar-refractivity contribution in [2.75, 3.05) is 18.5 Å². The molecule has 31 heavy (non-hydrogen) atoms. The first kappa shape index (κ1) is 22.6. The Balaban J connectivity index is 1.69. The molecule has 0 bridgehead atoms. The molecule has 0 aliphatic rings. The van der Waals surface area contributed by atoms with E-state index in [0.717, 1.165) is 12.1 Å². The minimum Gasteiger partial charge on any atom is -0.494 e. The number of nitrogens with zero attached hydrogens (tertiary/aromatic N) is 1. The number of nitrogens with one attached hydrogen (secondary N) is 1. The predicted octanol–water partition coefficient (Wildman–Crippen LogP) is 5.81. The number of anilines is 1. The van der Waals surface area contributed by atoms with Gasteiger partial charge in [-0.25, -0.2) is 4.98 Å². The van der Waals surface area contributed by atoms with E-state index >= 15 is 0 Å². The van der Waals surface area contributed by atoms with Crippen molar-refractivity contribution >= 4 is 22.9 Å². The van der Waals surface area contributed by atoms with E-state index in [2.05, 4.69) is 10.3 Å². The van der Waals surface area contributed by atoms with Crippen LogP contribution in [-0.2, 0) is 17.4 Å². The fraction of sp³-hybridized carbons (Fsp3) is 0.273. The van der Waals surface area contributed by atoms with Crippen molar-refractivity contribution in [3.05, 3.63) is 59.1 Å². The molecule has 5 nitrogen and oxygen atoms in total. The summed E-state index contributed by atoms with van der Waals surface area (Å²) in [7, 11) is 0. The third-order valence-corrected chi connectivity index (χ3v) is 5.13. The third kappa shape index (κ3) is 5.97. The number of aromatic nitrogens is 1. The molecule has 1 N–H and O–H groups in total. The van der Waals surface area contributed by atoms with Gasteiger partial charge in [0.2, 0.25) is 5.91 Å². The SMILES string of the molecule is CCOc1ccc(OCC)c(NC(=O)Cc2csc(-c3ccc(C(F)(F)F)cc3)n2)c1. The van der Waals surface area contributed by atoms with Crippen LogP contribution < -0.4 is 14.8 Å². The summed E-state index contributed by atoms with van der Waals surface area (Å²) < 4.78 is 49.2. The van der Waals surface area contributed by atoms with Gasteiger partial charge in [-0.05, 0) is 38.1 Å². The molecule has 3 aromatic rings. The van der Waals surface area contributed by atoms with Crippen molar-refractivity contribution in [1.82, 2.24) is 4.98 Å². The molecule has 0 radical (unpaired) electrons. The maximum absolute atomic E-state index is 12.7. The quantitative estimate of drug-likeness (QED) is 0.471. The van der Waals surface area contributed by atoms with Gasteiger partial charge < -0.3 is 14.8 Å². The molecule has 1 aromatic heterocycles. The summed E-state index contributed by atoms with van der Waals surface area (Å²) in [6, 6.07) is 9.98. The van der Waals surface area contributed by atoms with E-state index in [1.54, 1.807) is 23.6 Å². The van der Waals surface area contributed by atoms with Gasteiger partial charge in [-0.3, -0.25) is 4.79 Å². The van der Waals surface area contributed by atoms with Crippen LogP contribution in [0.25, 0.3) is 10.6 Å². The fourth-order valence-electron chi connectivity index (χ4n) is 2.83. The maximum Gasteiger partial charge on any atom is 0.416 e. The lowest BCUT2D eigenvalue weighted by molar-refractivity contribution is -0.137. The van der Waals surface area contributed by atoms with Crippen molar-refractivity contribution in [1.29, 1.82) is 0 Å². The molecule has 0 saturated heterocycles. The summed E-state index contributed by atoms with van der Waals surface area (Å²) in [5.74, 6) is 0.849. The number of carbonyl (C=O) groups is 1. The number of benzene rings is 2. The van der Waals surface area contributed by atoms with Crippen LogP contribution in [0.15, 0.2) is 47.8 Å². The molecule has 3 rings (SSSR count). The molecule has 0 atom stereocenters. The van der Waals surface area contributed by atoms with Crippen LogP contribution >= 0.6 is 11.3 Å². The Hall–Kier alpha value is -3.07. The molecule has 164 valence electrons. The van der Waals surface area contributed by atoms with Gasteiger partial charge >= 0.3 is 6.18 Å². The average molecular weight is 450 g/mol. The van der Waals surface area contributed by atoms with Crippen molar-refractivity contribution in [2.45, 2.75) is 26.4 Å². The van der Waals surface area contributed by atoms with E-state index in [1.165, 1.54) is 23.5 Å². The van der Waals surface area contributed by atoms with Crippen LogP contribution in [-0.4, -0.2) is 24.1 Å². The Labute approximate surface area is 181 Å². The van der Waals surface area contributed by atoms with Gasteiger partial charge in [0.25, 0.3) is 0 Å². The Morgan fingerprint density at radius 1 is 1.06 bits per heavy atom. The third-order valence-electron chi connectivity index (χ3n) is 4.19. The minimum atomic E-state index is -4.38. The number of rotatable bonds is 8. The zero-order valence-electron chi connectivity index (χ0n) is 17.0. The smallest absolute Gasteiger partial charge is 0.416 e. The van der Waals surface area contributed by atoms with Crippen LogP contribution in [0.2, 0.25) is 0 Å². The first-order valence-corrected chi connectivity index (χ1v) is 10.5. The number of alkyl halides is 3. The Bertz CT molecular complexity index is 1030. The summed E-state index contributed by atoms with van der Waals surface area (Å²) in [6.07, 6.45) is -4.37. The number of thiazole rings is 1. The fourth-order valence-corrected chi connectivity index (χ4v) is 3.65.